The zero-order valence-corrected chi connectivity index (χ0v) is 13.3. The van der Waals surface area contributed by atoms with Crippen LogP contribution in [0.4, 0.5) is 10.5 Å². The predicted octanol–water partition coefficient (Wildman–Crippen LogP) is 3.38. The maximum atomic E-state index is 12.4. The smallest absolute Gasteiger partial charge is 0.319 e. The van der Waals surface area contributed by atoms with Gasteiger partial charge in [-0.2, -0.15) is 5.10 Å². The lowest BCUT2D eigenvalue weighted by atomic mass is 10.1. The number of rotatable bonds is 3. The van der Waals surface area contributed by atoms with E-state index >= 15 is 0 Å². The average Bonchev–Trinajstić information content (AvgIpc) is 3.22. The molecule has 4 rings (SSSR count). The molecule has 0 radical (unpaired) electrons. The molecule has 0 saturated carbocycles. The van der Waals surface area contributed by atoms with Crippen molar-refractivity contribution in [1.82, 2.24) is 15.5 Å². The van der Waals surface area contributed by atoms with E-state index in [9.17, 15) is 4.79 Å². The molecule has 6 heteroatoms. The third-order valence-electron chi connectivity index (χ3n) is 4.47. The Morgan fingerprint density at radius 3 is 3.12 bits per heavy atom. The molecule has 0 saturated heterocycles. The number of benzene rings is 2. The third-order valence-corrected chi connectivity index (χ3v) is 4.47. The third kappa shape index (κ3) is 2.56. The van der Waals surface area contributed by atoms with Crippen molar-refractivity contribution in [3.05, 3.63) is 53.7 Å². The number of ether oxygens (including phenoxy) is 1. The number of urea groups is 1. The molecule has 0 bridgehead atoms. The van der Waals surface area contributed by atoms with Gasteiger partial charge < -0.3 is 15.4 Å². The lowest BCUT2D eigenvalue weighted by Gasteiger charge is -2.15. The predicted molar refractivity (Wildman–Crippen MR) is 92.3 cm³/mol. The number of nitrogens with zero attached hydrogens (tertiary/aromatic N) is 1. The van der Waals surface area contributed by atoms with Gasteiger partial charge >= 0.3 is 6.03 Å². The number of aromatic nitrogens is 2. The van der Waals surface area contributed by atoms with Gasteiger partial charge in [0.15, 0.2) is 0 Å². The fourth-order valence-corrected chi connectivity index (χ4v) is 3.26. The van der Waals surface area contributed by atoms with Crippen LogP contribution in [0.5, 0.6) is 5.75 Å². The summed E-state index contributed by atoms with van der Waals surface area (Å²) in [5.74, 6) is 0.852. The van der Waals surface area contributed by atoms with E-state index < -0.39 is 0 Å². The number of anilines is 1. The molecule has 1 aromatic heterocycles. The SMILES string of the molecule is COc1ccc2c(c1)CCC2NC(=O)Nc1cccc2[nH]ncc12. The van der Waals surface area contributed by atoms with E-state index in [1.165, 1.54) is 5.56 Å². The maximum Gasteiger partial charge on any atom is 0.319 e. The second-order valence-corrected chi connectivity index (χ2v) is 5.89. The van der Waals surface area contributed by atoms with Crippen molar-refractivity contribution in [2.75, 3.05) is 12.4 Å². The highest BCUT2D eigenvalue weighted by Gasteiger charge is 2.24. The molecule has 6 nitrogen and oxygen atoms in total. The summed E-state index contributed by atoms with van der Waals surface area (Å²) in [5, 5.41) is 13.8. The Hall–Kier alpha value is -3.02. The van der Waals surface area contributed by atoms with Crippen LogP contribution >= 0.6 is 0 Å². The van der Waals surface area contributed by atoms with Crippen LogP contribution in [-0.2, 0) is 6.42 Å². The first-order valence-corrected chi connectivity index (χ1v) is 7.91. The number of carbonyl (C=O) groups excluding carboxylic acids is 1. The molecule has 122 valence electrons. The first-order chi connectivity index (χ1) is 11.7. The summed E-state index contributed by atoms with van der Waals surface area (Å²) in [6.07, 6.45) is 3.54. The minimum Gasteiger partial charge on any atom is -0.497 e. The standard InChI is InChI=1S/C18H18N4O2/c1-24-12-6-7-13-11(9-12)5-8-16(13)21-18(23)20-15-3-2-4-17-14(15)10-19-22-17/h2-4,6-7,9-10,16H,5,8H2,1H3,(H,19,22)(H2,20,21,23). The van der Waals surface area contributed by atoms with E-state index in [2.05, 4.69) is 20.8 Å². The first kappa shape index (κ1) is 14.6. The van der Waals surface area contributed by atoms with Crippen LogP contribution in [0, 0.1) is 0 Å². The molecule has 2 amide bonds. The fourth-order valence-electron chi connectivity index (χ4n) is 3.26. The molecular formula is C18H18N4O2. The van der Waals surface area contributed by atoms with Gasteiger partial charge in [-0.15, -0.1) is 0 Å². The van der Waals surface area contributed by atoms with Crippen molar-refractivity contribution < 1.29 is 9.53 Å². The number of aryl methyl sites for hydroxylation is 1. The molecule has 0 aliphatic heterocycles. The first-order valence-electron chi connectivity index (χ1n) is 7.91. The second-order valence-electron chi connectivity index (χ2n) is 5.89. The topological polar surface area (TPSA) is 79.0 Å². The second kappa shape index (κ2) is 5.88. The summed E-state index contributed by atoms with van der Waals surface area (Å²) in [5.41, 5.74) is 4.03. The van der Waals surface area contributed by atoms with Crippen molar-refractivity contribution in [2.45, 2.75) is 18.9 Å². The van der Waals surface area contributed by atoms with E-state index in [0.29, 0.717) is 0 Å². The fraction of sp³-hybridized carbons (Fsp3) is 0.222. The Labute approximate surface area is 139 Å². The Bertz CT molecular complexity index is 903. The zero-order chi connectivity index (χ0) is 16.5. The Morgan fingerprint density at radius 2 is 2.25 bits per heavy atom. The number of aromatic amines is 1. The lowest BCUT2D eigenvalue weighted by Crippen LogP contribution is -2.31. The average molecular weight is 322 g/mol. The van der Waals surface area contributed by atoms with Crippen molar-refractivity contribution in [3.63, 3.8) is 0 Å². The quantitative estimate of drug-likeness (QED) is 0.691. The molecule has 1 unspecified atom stereocenters. The van der Waals surface area contributed by atoms with Crippen molar-refractivity contribution in [3.8, 4) is 5.75 Å². The van der Waals surface area contributed by atoms with Crippen LogP contribution in [0.15, 0.2) is 42.6 Å². The van der Waals surface area contributed by atoms with E-state index in [0.717, 1.165) is 40.7 Å². The lowest BCUT2D eigenvalue weighted by molar-refractivity contribution is 0.248. The van der Waals surface area contributed by atoms with Crippen LogP contribution < -0.4 is 15.4 Å². The number of H-pyrrole nitrogens is 1. The van der Waals surface area contributed by atoms with Crippen LogP contribution in [0.1, 0.15) is 23.6 Å². The zero-order valence-electron chi connectivity index (χ0n) is 13.3. The summed E-state index contributed by atoms with van der Waals surface area (Å²) < 4.78 is 5.26. The van der Waals surface area contributed by atoms with E-state index in [1.807, 2.05) is 36.4 Å². The van der Waals surface area contributed by atoms with E-state index in [4.69, 9.17) is 4.74 Å². The number of carbonyl (C=O) groups is 1. The number of nitrogens with one attached hydrogen (secondary N) is 3. The molecule has 3 N–H and O–H groups in total. The van der Waals surface area contributed by atoms with E-state index in [-0.39, 0.29) is 12.1 Å². The molecule has 1 aliphatic carbocycles. The molecule has 24 heavy (non-hydrogen) atoms. The van der Waals surface area contributed by atoms with Gasteiger partial charge in [-0.05, 0) is 48.2 Å². The molecule has 1 heterocycles. The number of methoxy groups -OCH3 is 1. The molecule has 3 aromatic rings. The van der Waals surface area contributed by atoms with Crippen molar-refractivity contribution in [2.24, 2.45) is 0 Å². The number of hydrogen-bond donors (Lipinski definition) is 3. The number of fused-ring (bicyclic) bond motifs is 2. The summed E-state index contributed by atoms with van der Waals surface area (Å²) in [6.45, 7) is 0. The minimum absolute atomic E-state index is 0.0226. The maximum absolute atomic E-state index is 12.4. The monoisotopic (exact) mass is 322 g/mol. The summed E-state index contributed by atoms with van der Waals surface area (Å²) in [4.78, 5) is 12.4. The highest BCUT2D eigenvalue weighted by molar-refractivity contribution is 6.00. The summed E-state index contributed by atoms with van der Waals surface area (Å²) in [6, 6.07) is 11.5. The Balaban J connectivity index is 1.49. The number of hydrogen-bond acceptors (Lipinski definition) is 3. The van der Waals surface area contributed by atoms with Gasteiger partial charge in [0.2, 0.25) is 0 Å². The Morgan fingerprint density at radius 1 is 1.33 bits per heavy atom. The highest BCUT2D eigenvalue weighted by atomic mass is 16.5. The van der Waals surface area contributed by atoms with Crippen molar-refractivity contribution in [1.29, 1.82) is 0 Å². The molecular weight excluding hydrogens is 304 g/mol. The molecule has 2 aromatic carbocycles. The number of amides is 2. The summed E-state index contributed by atoms with van der Waals surface area (Å²) >= 11 is 0. The van der Waals surface area contributed by atoms with Crippen LogP contribution in [0.2, 0.25) is 0 Å². The van der Waals surface area contributed by atoms with Crippen LogP contribution in [-0.4, -0.2) is 23.3 Å². The minimum atomic E-state index is -0.211. The van der Waals surface area contributed by atoms with Gasteiger partial charge in [-0.25, -0.2) is 4.79 Å². The summed E-state index contributed by atoms with van der Waals surface area (Å²) in [7, 11) is 1.66. The van der Waals surface area contributed by atoms with Crippen LogP contribution in [0.3, 0.4) is 0 Å². The molecule has 0 spiro atoms. The van der Waals surface area contributed by atoms with Gasteiger partial charge in [-0.1, -0.05) is 12.1 Å². The van der Waals surface area contributed by atoms with Gasteiger partial charge in [0.1, 0.15) is 5.75 Å². The van der Waals surface area contributed by atoms with Gasteiger partial charge in [-0.3, -0.25) is 5.10 Å². The van der Waals surface area contributed by atoms with Gasteiger partial charge in [0, 0.05) is 5.39 Å². The highest BCUT2D eigenvalue weighted by Crippen LogP contribution is 2.33. The Kier molecular flexibility index (Phi) is 3.57. The molecule has 1 atom stereocenters. The normalized spacial score (nSPS) is 16.0. The van der Waals surface area contributed by atoms with Crippen LogP contribution in [0.25, 0.3) is 10.9 Å². The molecule has 1 aliphatic rings. The molecule has 0 fully saturated rings. The van der Waals surface area contributed by atoms with Gasteiger partial charge in [0.25, 0.3) is 0 Å². The van der Waals surface area contributed by atoms with E-state index in [1.54, 1.807) is 13.3 Å². The largest absolute Gasteiger partial charge is 0.497 e. The van der Waals surface area contributed by atoms with Crippen molar-refractivity contribution >= 4 is 22.6 Å². The van der Waals surface area contributed by atoms with Gasteiger partial charge in [0.05, 0.1) is 30.6 Å².